The first-order chi connectivity index (χ1) is 19.5. The lowest BCUT2D eigenvalue weighted by molar-refractivity contribution is -0.256. The van der Waals surface area contributed by atoms with Crippen LogP contribution in [0.5, 0.6) is 0 Å². The monoisotopic (exact) mass is 564 g/mol. The maximum atomic E-state index is 13.7. The quantitative estimate of drug-likeness (QED) is 0.186. The normalized spacial score (nSPS) is 19.7. The first kappa shape index (κ1) is 29.0. The van der Waals surface area contributed by atoms with E-state index in [0.717, 1.165) is 23.1 Å². The van der Waals surface area contributed by atoms with Gasteiger partial charge in [0.2, 0.25) is 0 Å². The van der Waals surface area contributed by atoms with Crippen LogP contribution in [0, 0.1) is 0 Å². The predicted molar refractivity (Wildman–Crippen MR) is 147 cm³/mol. The lowest BCUT2D eigenvalue weighted by atomic mass is 9.94. The van der Waals surface area contributed by atoms with Crippen molar-refractivity contribution >= 4 is 29.4 Å². The van der Waals surface area contributed by atoms with Crippen LogP contribution >= 0.6 is 11.6 Å². The average molecular weight is 565 g/mol. The molecule has 0 radical (unpaired) electrons. The molecule has 9 nitrogen and oxygen atoms in total. The van der Waals surface area contributed by atoms with E-state index >= 15 is 0 Å². The zero-order valence-electron chi connectivity index (χ0n) is 22.0. The van der Waals surface area contributed by atoms with Crippen LogP contribution < -0.4 is 5.32 Å². The second-order valence-corrected chi connectivity index (χ2v) is 9.06. The van der Waals surface area contributed by atoms with Crippen LogP contribution in [0.1, 0.15) is 27.6 Å². The number of nitrogens with zero attached hydrogens (tertiary/aromatic N) is 1. The number of nitrogens with one attached hydrogen (secondary N) is 1. The molecule has 0 aliphatic carbocycles. The molecule has 0 aromatic heterocycles. The van der Waals surface area contributed by atoms with Crippen molar-refractivity contribution in [3.63, 3.8) is 0 Å². The van der Waals surface area contributed by atoms with Gasteiger partial charge in [0.05, 0.1) is 6.61 Å². The summed E-state index contributed by atoms with van der Waals surface area (Å²) in [6.45, 7) is -0.0456. The molecule has 2 aliphatic heterocycles. The predicted octanol–water partition coefficient (Wildman–Crippen LogP) is 3.39. The van der Waals surface area contributed by atoms with Gasteiger partial charge in [-0.3, -0.25) is 14.5 Å². The van der Waals surface area contributed by atoms with E-state index in [1.807, 2.05) is 60.7 Å². The summed E-state index contributed by atoms with van der Waals surface area (Å²) in [6.07, 6.45) is -1.81. The van der Waals surface area contributed by atoms with Crippen molar-refractivity contribution < 1.29 is 33.7 Å². The van der Waals surface area contributed by atoms with Crippen LogP contribution in [-0.2, 0) is 23.8 Å². The highest BCUT2D eigenvalue weighted by molar-refractivity contribution is 6.20. The maximum Gasteiger partial charge on any atom is 0.356 e. The van der Waals surface area contributed by atoms with E-state index in [2.05, 4.69) is 5.32 Å². The Morgan fingerprint density at radius 1 is 1.00 bits per heavy atom. The number of aliphatic hydroxyl groups excluding tert-OH is 1. The zero-order valence-corrected chi connectivity index (χ0v) is 22.7. The Morgan fingerprint density at radius 2 is 1.52 bits per heavy atom. The number of amides is 2. The van der Waals surface area contributed by atoms with Crippen molar-refractivity contribution in [1.82, 2.24) is 10.2 Å². The summed E-state index contributed by atoms with van der Waals surface area (Å²) in [4.78, 5) is 41.3. The van der Waals surface area contributed by atoms with Gasteiger partial charge in [-0.05, 0) is 23.3 Å². The Morgan fingerprint density at radius 3 is 2.02 bits per heavy atom. The average Bonchev–Trinajstić information content (AvgIpc) is 3.03. The molecule has 10 heteroatoms. The van der Waals surface area contributed by atoms with Crippen molar-refractivity contribution in [2.24, 2.45) is 0 Å². The lowest BCUT2D eigenvalue weighted by Crippen LogP contribution is -2.82. The number of ether oxygens (including phenoxy) is 3. The molecule has 5 rings (SSSR count). The van der Waals surface area contributed by atoms with Crippen molar-refractivity contribution in [1.29, 1.82) is 0 Å². The van der Waals surface area contributed by atoms with E-state index in [1.54, 1.807) is 30.3 Å². The third kappa shape index (κ3) is 5.37. The number of hydrogen-bond donors (Lipinski definition) is 2. The molecule has 2 aliphatic rings. The van der Waals surface area contributed by atoms with Gasteiger partial charge in [0.1, 0.15) is 5.70 Å². The summed E-state index contributed by atoms with van der Waals surface area (Å²) < 4.78 is 17.4. The molecule has 1 saturated heterocycles. The minimum absolute atomic E-state index is 0.0141. The maximum absolute atomic E-state index is 13.7. The molecule has 0 spiro atoms. The lowest BCUT2D eigenvalue weighted by Gasteiger charge is -2.55. The number of halogens is 1. The summed E-state index contributed by atoms with van der Waals surface area (Å²) in [7, 11) is 2.30. The Balaban J connectivity index is 0.00000181. The molecule has 40 heavy (non-hydrogen) atoms. The number of benzene rings is 3. The van der Waals surface area contributed by atoms with E-state index in [-0.39, 0.29) is 18.2 Å². The molecule has 3 aromatic carbocycles. The molecule has 0 bridgehead atoms. The van der Waals surface area contributed by atoms with E-state index in [4.69, 9.17) is 30.9 Å². The van der Waals surface area contributed by atoms with E-state index in [9.17, 15) is 14.4 Å². The van der Waals surface area contributed by atoms with Crippen LogP contribution in [0.25, 0.3) is 0 Å². The minimum atomic E-state index is -1.81. The fourth-order valence-electron chi connectivity index (χ4n) is 4.61. The van der Waals surface area contributed by atoms with Crippen LogP contribution in [0.3, 0.4) is 0 Å². The number of rotatable bonds is 8. The van der Waals surface area contributed by atoms with Gasteiger partial charge in [-0.25, -0.2) is 4.79 Å². The number of β-lactam (4-membered cyclic amide) rings is 1. The number of carbonyl (C=O) groups is 3. The number of hydrogen-bond acceptors (Lipinski definition) is 7. The molecule has 1 unspecified atom stereocenters. The summed E-state index contributed by atoms with van der Waals surface area (Å²) in [5, 5.41) is 9.64. The van der Waals surface area contributed by atoms with Crippen molar-refractivity contribution in [3.8, 4) is 0 Å². The number of alkyl halides is 1. The van der Waals surface area contributed by atoms with Crippen molar-refractivity contribution in [2.75, 3.05) is 26.7 Å². The molecular weight excluding hydrogens is 536 g/mol. The Kier molecular flexibility index (Phi) is 9.34. The van der Waals surface area contributed by atoms with Crippen LogP contribution in [0.4, 0.5) is 0 Å². The highest BCUT2D eigenvalue weighted by atomic mass is 35.5. The molecule has 0 saturated carbocycles. The minimum Gasteiger partial charge on any atom is -0.448 e. The van der Waals surface area contributed by atoms with Gasteiger partial charge in [0, 0.05) is 31.2 Å². The Bertz CT molecular complexity index is 1330. The number of methoxy groups -OCH3 is 1. The fraction of sp³-hybridized carbons (Fsp3) is 0.233. The van der Waals surface area contributed by atoms with E-state index in [1.165, 1.54) is 7.11 Å². The van der Waals surface area contributed by atoms with Gasteiger partial charge in [-0.2, -0.15) is 0 Å². The number of esters is 1. The van der Waals surface area contributed by atoms with Crippen molar-refractivity contribution in [3.05, 3.63) is 119 Å². The first-order valence-electron chi connectivity index (χ1n) is 12.4. The summed E-state index contributed by atoms with van der Waals surface area (Å²) >= 11 is 6.16. The Labute approximate surface area is 236 Å². The molecule has 3 aromatic rings. The fourth-order valence-corrected chi connectivity index (χ4v) is 4.82. The summed E-state index contributed by atoms with van der Waals surface area (Å²) in [5.74, 6) is -1.98. The molecule has 208 valence electrons. The smallest absolute Gasteiger partial charge is 0.356 e. The van der Waals surface area contributed by atoms with Gasteiger partial charge in [-0.15, -0.1) is 11.6 Å². The molecule has 2 N–H and O–H groups in total. The van der Waals surface area contributed by atoms with Crippen molar-refractivity contribution in [2.45, 2.75) is 18.1 Å². The van der Waals surface area contributed by atoms with Crippen LogP contribution in [-0.4, -0.2) is 66.4 Å². The Hall–Kier alpha value is -4.02. The number of aliphatic hydroxyl groups is 1. The standard InChI is InChI=1S/C29H25ClN2O6.CH4O/c1-36-29(31-25(33)21-15-9-4-10-16-21)27(35)32-23(22(17-30)18-37-28(29)32)26(34)38-24(19-11-5-2-6-12-19)20-13-7-3-8-14-20;1-2/h2-16,24,28H,17-18H2,1H3,(H,31,33);2H,1H3/t28?,29-;/m0./s1. The van der Waals surface area contributed by atoms with Gasteiger partial charge in [0.15, 0.2) is 12.3 Å². The first-order valence-corrected chi connectivity index (χ1v) is 12.9. The number of carbonyl (C=O) groups excluding carboxylic acids is 3. The van der Waals surface area contributed by atoms with Gasteiger partial charge in [0.25, 0.3) is 17.5 Å². The van der Waals surface area contributed by atoms with E-state index in [0.29, 0.717) is 11.1 Å². The van der Waals surface area contributed by atoms with Crippen LogP contribution in [0.2, 0.25) is 0 Å². The van der Waals surface area contributed by atoms with E-state index < -0.39 is 35.8 Å². The third-order valence-corrected chi connectivity index (χ3v) is 6.87. The van der Waals surface area contributed by atoms with Gasteiger partial charge < -0.3 is 24.6 Å². The van der Waals surface area contributed by atoms with Crippen LogP contribution in [0.15, 0.2) is 102 Å². The molecule has 2 heterocycles. The molecule has 1 fully saturated rings. The second kappa shape index (κ2) is 12.9. The highest BCUT2D eigenvalue weighted by Gasteiger charge is 2.67. The number of fused-ring (bicyclic) bond motifs is 1. The summed E-state index contributed by atoms with van der Waals surface area (Å²) in [6, 6.07) is 27.0. The molecule has 2 amide bonds. The summed E-state index contributed by atoms with van der Waals surface area (Å²) in [5.41, 5.74) is 0.435. The second-order valence-electron chi connectivity index (χ2n) is 8.79. The topological polar surface area (TPSA) is 114 Å². The molecular formula is C30H29ClN2O7. The third-order valence-electron chi connectivity index (χ3n) is 6.55. The SMILES string of the molecule is CO.CO[C@@]1(NC(=O)c2ccccc2)C(=O)N2C(C(=O)OC(c3ccccc3)c3ccccc3)=C(CCl)COC21. The zero-order chi connectivity index (χ0) is 28.7. The van der Waals surface area contributed by atoms with Gasteiger partial charge >= 0.3 is 5.97 Å². The largest absolute Gasteiger partial charge is 0.448 e. The highest BCUT2D eigenvalue weighted by Crippen LogP contribution is 2.42. The molecule has 2 atom stereocenters. The van der Waals surface area contributed by atoms with Gasteiger partial charge in [-0.1, -0.05) is 78.9 Å².